The summed E-state index contributed by atoms with van der Waals surface area (Å²) in [6, 6.07) is 0. The van der Waals surface area contributed by atoms with Gasteiger partial charge >= 0.3 is 11.9 Å². The monoisotopic (exact) mass is 428 g/mol. The van der Waals surface area contributed by atoms with Gasteiger partial charge in [-0.1, -0.05) is 78.1 Å². The Labute approximate surface area is 183 Å². The SMILES string of the molecule is CCCCCCCCOC(=O)/C(OCC)=C(\OCC)C(=O)OCCCCCCCC. The number of hydrogen-bond donors (Lipinski definition) is 0. The van der Waals surface area contributed by atoms with E-state index in [1.165, 1.54) is 38.5 Å². The van der Waals surface area contributed by atoms with Gasteiger partial charge in [0, 0.05) is 0 Å². The molecular weight excluding hydrogens is 384 g/mol. The van der Waals surface area contributed by atoms with Crippen molar-refractivity contribution in [3.05, 3.63) is 11.5 Å². The molecule has 0 aromatic carbocycles. The normalized spacial score (nSPS) is 11.6. The number of carbonyl (C=O) groups excluding carboxylic acids is 2. The van der Waals surface area contributed by atoms with E-state index in [1.54, 1.807) is 13.8 Å². The molecule has 0 aromatic rings. The Morgan fingerprint density at radius 3 is 1.13 bits per heavy atom. The molecule has 0 heterocycles. The van der Waals surface area contributed by atoms with Crippen molar-refractivity contribution in [3.63, 3.8) is 0 Å². The lowest BCUT2D eigenvalue weighted by atomic mass is 10.1. The molecule has 0 spiro atoms. The van der Waals surface area contributed by atoms with Crippen molar-refractivity contribution >= 4 is 11.9 Å². The number of rotatable bonds is 20. The van der Waals surface area contributed by atoms with Gasteiger partial charge in [0.2, 0.25) is 0 Å². The van der Waals surface area contributed by atoms with E-state index in [1.807, 2.05) is 0 Å². The maximum Gasteiger partial charge on any atom is 0.377 e. The van der Waals surface area contributed by atoms with E-state index in [0.29, 0.717) is 13.2 Å². The van der Waals surface area contributed by atoms with Crippen LogP contribution in [0.5, 0.6) is 0 Å². The van der Waals surface area contributed by atoms with Crippen LogP contribution in [0.25, 0.3) is 0 Å². The average molecular weight is 429 g/mol. The maximum absolute atomic E-state index is 12.5. The van der Waals surface area contributed by atoms with E-state index in [4.69, 9.17) is 18.9 Å². The molecule has 0 aromatic heterocycles. The second-order valence-corrected chi connectivity index (χ2v) is 7.33. The third-order valence-corrected chi connectivity index (χ3v) is 4.62. The molecular formula is C24H44O6. The summed E-state index contributed by atoms with van der Waals surface area (Å²) in [7, 11) is 0. The van der Waals surface area contributed by atoms with Crippen LogP contribution in [0.15, 0.2) is 11.5 Å². The molecule has 0 N–H and O–H groups in total. The van der Waals surface area contributed by atoms with Crippen molar-refractivity contribution < 1.29 is 28.5 Å². The summed E-state index contributed by atoms with van der Waals surface area (Å²) in [6.07, 6.45) is 13.1. The van der Waals surface area contributed by atoms with Crippen molar-refractivity contribution in [2.45, 2.75) is 105 Å². The second kappa shape index (κ2) is 20.5. The van der Waals surface area contributed by atoms with Crippen molar-refractivity contribution in [3.8, 4) is 0 Å². The Balaban J connectivity index is 4.63. The molecule has 176 valence electrons. The molecule has 6 nitrogen and oxygen atoms in total. The minimum absolute atomic E-state index is 0.196. The molecule has 0 aliphatic carbocycles. The van der Waals surface area contributed by atoms with Gasteiger partial charge in [-0.3, -0.25) is 0 Å². The summed E-state index contributed by atoms with van der Waals surface area (Å²) < 4.78 is 21.4. The Hall–Kier alpha value is -1.72. The second-order valence-electron chi connectivity index (χ2n) is 7.33. The molecule has 0 aliphatic rings. The highest BCUT2D eigenvalue weighted by atomic mass is 16.6. The number of unbranched alkanes of at least 4 members (excludes halogenated alkanes) is 10. The number of hydrogen-bond acceptors (Lipinski definition) is 6. The van der Waals surface area contributed by atoms with Gasteiger partial charge in [0.1, 0.15) is 0 Å². The molecule has 0 aliphatic heterocycles. The predicted octanol–water partition coefficient (Wildman–Crippen LogP) is 6.08. The lowest BCUT2D eigenvalue weighted by Gasteiger charge is -2.14. The zero-order valence-corrected chi connectivity index (χ0v) is 19.8. The third-order valence-electron chi connectivity index (χ3n) is 4.62. The Morgan fingerprint density at radius 2 is 0.800 bits per heavy atom. The van der Waals surface area contributed by atoms with Gasteiger partial charge < -0.3 is 18.9 Å². The average Bonchev–Trinajstić information content (AvgIpc) is 2.74. The summed E-state index contributed by atoms with van der Waals surface area (Å²) >= 11 is 0. The Kier molecular flexibility index (Phi) is 19.4. The first kappa shape index (κ1) is 28.3. The molecule has 0 rings (SSSR count). The minimum atomic E-state index is -0.676. The highest BCUT2D eigenvalue weighted by Gasteiger charge is 2.27. The van der Waals surface area contributed by atoms with Crippen LogP contribution < -0.4 is 0 Å². The zero-order chi connectivity index (χ0) is 22.5. The van der Waals surface area contributed by atoms with Crippen molar-refractivity contribution in [2.75, 3.05) is 26.4 Å². The molecule has 0 amide bonds. The van der Waals surface area contributed by atoms with E-state index < -0.39 is 11.9 Å². The highest BCUT2D eigenvalue weighted by Crippen LogP contribution is 2.15. The topological polar surface area (TPSA) is 71.1 Å². The van der Waals surface area contributed by atoms with E-state index in [2.05, 4.69) is 13.8 Å². The summed E-state index contributed by atoms with van der Waals surface area (Å²) in [5.41, 5.74) is 0. The van der Waals surface area contributed by atoms with Gasteiger partial charge in [0.15, 0.2) is 0 Å². The molecule has 0 saturated carbocycles. The van der Waals surface area contributed by atoms with Crippen molar-refractivity contribution in [2.24, 2.45) is 0 Å². The van der Waals surface area contributed by atoms with Crippen LogP contribution in [-0.4, -0.2) is 38.4 Å². The van der Waals surface area contributed by atoms with Crippen molar-refractivity contribution in [1.29, 1.82) is 0 Å². The predicted molar refractivity (Wildman–Crippen MR) is 119 cm³/mol. The fourth-order valence-electron chi connectivity index (χ4n) is 2.95. The molecule has 0 saturated heterocycles. The van der Waals surface area contributed by atoms with Gasteiger partial charge in [0.25, 0.3) is 11.5 Å². The lowest BCUT2D eigenvalue weighted by molar-refractivity contribution is -0.149. The molecule has 0 unspecified atom stereocenters. The fourth-order valence-corrected chi connectivity index (χ4v) is 2.95. The van der Waals surface area contributed by atoms with Crippen LogP contribution in [0.4, 0.5) is 0 Å². The quantitative estimate of drug-likeness (QED) is 0.101. The number of carbonyl (C=O) groups is 2. The third kappa shape index (κ3) is 14.3. The van der Waals surface area contributed by atoms with Gasteiger partial charge in [0.05, 0.1) is 26.4 Å². The fraction of sp³-hybridized carbons (Fsp3) is 0.833. The number of esters is 2. The van der Waals surface area contributed by atoms with E-state index in [0.717, 1.165) is 38.5 Å². The first-order valence-corrected chi connectivity index (χ1v) is 12.0. The first-order valence-electron chi connectivity index (χ1n) is 12.0. The molecule has 0 radical (unpaired) electrons. The first-order chi connectivity index (χ1) is 14.6. The summed E-state index contributed by atoms with van der Waals surface area (Å²) in [6.45, 7) is 8.89. The highest BCUT2D eigenvalue weighted by molar-refractivity contribution is 5.97. The van der Waals surface area contributed by atoms with E-state index in [9.17, 15) is 9.59 Å². The minimum Gasteiger partial charge on any atom is -0.484 e. The summed E-state index contributed by atoms with van der Waals surface area (Å²) in [4.78, 5) is 24.9. The lowest BCUT2D eigenvalue weighted by Crippen LogP contribution is -2.21. The standard InChI is InChI=1S/C24H44O6/c1-5-9-11-13-15-17-19-29-23(25)21(27-7-3)22(28-8-4)24(26)30-20-18-16-14-12-10-6-2/h5-20H2,1-4H3/b22-21+. The zero-order valence-electron chi connectivity index (χ0n) is 19.8. The van der Waals surface area contributed by atoms with Crippen molar-refractivity contribution in [1.82, 2.24) is 0 Å². The molecule has 0 bridgehead atoms. The summed E-state index contributed by atoms with van der Waals surface area (Å²) in [5, 5.41) is 0. The van der Waals surface area contributed by atoms with Gasteiger partial charge in [-0.25, -0.2) is 9.59 Å². The molecule has 0 atom stereocenters. The van der Waals surface area contributed by atoms with Crippen LogP contribution in [0.1, 0.15) is 105 Å². The number of ether oxygens (including phenoxy) is 4. The van der Waals surface area contributed by atoms with Crippen LogP contribution in [-0.2, 0) is 28.5 Å². The van der Waals surface area contributed by atoms with E-state index in [-0.39, 0.29) is 24.7 Å². The maximum atomic E-state index is 12.5. The largest absolute Gasteiger partial charge is 0.484 e. The van der Waals surface area contributed by atoms with Crippen LogP contribution in [0.3, 0.4) is 0 Å². The Bertz CT molecular complexity index is 430. The van der Waals surface area contributed by atoms with Gasteiger partial charge in [-0.15, -0.1) is 0 Å². The van der Waals surface area contributed by atoms with Gasteiger partial charge in [-0.2, -0.15) is 0 Å². The smallest absolute Gasteiger partial charge is 0.377 e. The van der Waals surface area contributed by atoms with Gasteiger partial charge in [-0.05, 0) is 26.7 Å². The van der Waals surface area contributed by atoms with Crippen LogP contribution in [0.2, 0.25) is 0 Å². The molecule has 0 fully saturated rings. The molecule has 30 heavy (non-hydrogen) atoms. The molecule has 6 heteroatoms. The van der Waals surface area contributed by atoms with Crippen LogP contribution >= 0.6 is 0 Å². The van der Waals surface area contributed by atoms with E-state index >= 15 is 0 Å². The van der Waals surface area contributed by atoms with Crippen LogP contribution in [0, 0.1) is 0 Å². The Morgan fingerprint density at radius 1 is 0.467 bits per heavy atom. The summed E-state index contributed by atoms with van der Waals surface area (Å²) in [5.74, 6) is -1.74.